The highest BCUT2D eigenvalue weighted by atomic mass is 16.5. The van der Waals surface area contributed by atoms with Crippen LogP contribution in [-0.4, -0.2) is 46.9 Å². The van der Waals surface area contributed by atoms with Crippen molar-refractivity contribution in [3.63, 3.8) is 0 Å². The monoisotopic (exact) mass is 720 g/mol. The molecule has 0 bridgehead atoms. The van der Waals surface area contributed by atoms with Crippen LogP contribution in [0.4, 0.5) is 0 Å². The molecule has 300 valence electrons. The molecule has 3 atom stereocenters. The fourth-order valence-electron chi connectivity index (χ4n) is 6.59. The highest BCUT2D eigenvalue weighted by Crippen LogP contribution is 2.16. The largest absolute Gasteiger partial charge is 0.462 e. The molecule has 0 radical (unpaired) electrons. The van der Waals surface area contributed by atoms with E-state index in [0.29, 0.717) is 19.3 Å². The molecule has 51 heavy (non-hydrogen) atoms. The van der Waals surface area contributed by atoms with Crippen molar-refractivity contribution in [3.8, 4) is 0 Å². The lowest BCUT2D eigenvalue weighted by molar-refractivity contribution is -0.151. The van der Waals surface area contributed by atoms with Crippen LogP contribution in [0.2, 0.25) is 0 Å². The molecule has 0 fully saturated rings. The zero-order valence-electron chi connectivity index (χ0n) is 34.0. The zero-order chi connectivity index (χ0) is 37.5. The number of amides is 1. The van der Waals surface area contributed by atoms with E-state index in [0.717, 1.165) is 64.2 Å². The third-order valence-electron chi connectivity index (χ3n) is 10.0. The maximum absolute atomic E-state index is 13.1. The van der Waals surface area contributed by atoms with Gasteiger partial charge in [-0.1, -0.05) is 173 Å². The summed E-state index contributed by atoms with van der Waals surface area (Å²) in [5.41, 5.74) is 0. The Morgan fingerprint density at radius 1 is 0.549 bits per heavy atom. The normalized spacial score (nSPS) is 13.6. The minimum atomic E-state index is -0.789. The fourth-order valence-corrected chi connectivity index (χ4v) is 6.59. The Hall–Kier alpha value is -1.66. The summed E-state index contributed by atoms with van der Waals surface area (Å²) in [7, 11) is 0. The molecule has 1 amide bonds. The first-order chi connectivity index (χ1) is 25.0. The van der Waals surface area contributed by atoms with Gasteiger partial charge in [-0.25, -0.2) is 0 Å². The van der Waals surface area contributed by atoms with Crippen molar-refractivity contribution in [2.45, 2.75) is 244 Å². The van der Waals surface area contributed by atoms with Crippen molar-refractivity contribution in [2.24, 2.45) is 0 Å². The van der Waals surface area contributed by atoms with E-state index in [9.17, 15) is 19.8 Å². The molecule has 0 rings (SSSR count). The highest BCUT2D eigenvalue weighted by Gasteiger charge is 2.24. The molecule has 0 aliphatic carbocycles. The van der Waals surface area contributed by atoms with Gasteiger partial charge in [0.25, 0.3) is 0 Å². The van der Waals surface area contributed by atoms with Crippen molar-refractivity contribution in [1.29, 1.82) is 0 Å². The maximum atomic E-state index is 13.1. The topological polar surface area (TPSA) is 95.9 Å². The first-order valence-corrected chi connectivity index (χ1v) is 22.1. The summed E-state index contributed by atoms with van der Waals surface area (Å²) in [6, 6.07) is -0.704. The van der Waals surface area contributed by atoms with Crippen LogP contribution in [0.15, 0.2) is 24.3 Å². The molecule has 6 heteroatoms. The summed E-state index contributed by atoms with van der Waals surface area (Å²) < 4.78 is 5.86. The molecule has 0 saturated carbocycles. The van der Waals surface area contributed by atoms with E-state index < -0.39 is 18.2 Å². The van der Waals surface area contributed by atoms with Gasteiger partial charge in [-0.3, -0.25) is 9.59 Å². The van der Waals surface area contributed by atoms with Crippen LogP contribution in [-0.2, 0) is 14.3 Å². The summed E-state index contributed by atoms with van der Waals surface area (Å²) in [5, 5.41) is 23.5. The van der Waals surface area contributed by atoms with E-state index >= 15 is 0 Å². The van der Waals surface area contributed by atoms with Gasteiger partial charge in [0.2, 0.25) is 5.91 Å². The Kier molecular flexibility index (Phi) is 38.3. The first-order valence-electron chi connectivity index (χ1n) is 22.1. The molecule has 3 N–H and O–H groups in total. The number of carbonyl (C=O) groups is 2. The van der Waals surface area contributed by atoms with Gasteiger partial charge < -0.3 is 20.3 Å². The Bertz CT molecular complexity index is 812. The lowest BCUT2D eigenvalue weighted by atomic mass is 10.0. The van der Waals surface area contributed by atoms with Crippen molar-refractivity contribution in [1.82, 2.24) is 5.32 Å². The highest BCUT2D eigenvalue weighted by molar-refractivity contribution is 5.77. The summed E-state index contributed by atoms with van der Waals surface area (Å²) in [6.45, 7) is 6.40. The van der Waals surface area contributed by atoms with Gasteiger partial charge >= 0.3 is 5.97 Å². The summed E-state index contributed by atoms with van der Waals surface area (Å²) >= 11 is 0. The SMILES string of the molecule is CCCC/C=C\CCCCCCCC(=O)OC(CCC/C=C\CCCCCCCC)CC(=O)NC(CO)C(O)CCCCCCCCCCCC. The molecule has 0 aliphatic rings. The predicted octanol–water partition coefficient (Wildman–Crippen LogP) is 12.4. The number of rotatable bonds is 39. The number of carbonyl (C=O) groups excluding carboxylic acids is 2. The van der Waals surface area contributed by atoms with E-state index in [4.69, 9.17) is 4.74 Å². The van der Waals surface area contributed by atoms with Gasteiger partial charge in [-0.15, -0.1) is 0 Å². The zero-order valence-corrected chi connectivity index (χ0v) is 34.0. The molecule has 0 aromatic heterocycles. The Morgan fingerprint density at radius 3 is 1.49 bits per heavy atom. The van der Waals surface area contributed by atoms with Gasteiger partial charge in [0.1, 0.15) is 6.10 Å². The Labute approximate surface area is 316 Å². The van der Waals surface area contributed by atoms with E-state index in [-0.39, 0.29) is 24.9 Å². The summed E-state index contributed by atoms with van der Waals surface area (Å²) in [4.78, 5) is 25.9. The van der Waals surface area contributed by atoms with Crippen LogP contribution in [0.25, 0.3) is 0 Å². The molecular weight excluding hydrogens is 634 g/mol. The second-order valence-corrected chi connectivity index (χ2v) is 15.1. The number of aliphatic hydroxyl groups excluding tert-OH is 2. The smallest absolute Gasteiger partial charge is 0.306 e. The average molecular weight is 720 g/mol. The third kappa shape index (κ3) is 35.2. The van der Waals surface area contributed by atoms with E-state index in [1.165, 1.54) is 116 Å². The van der Waals surface area contributed by atoms with Crippen LogP contribution >= 0.6 is 0 Å². The quantitative estimate of drug-likeness (QED) is 0.0334. The minimum Gasteiger partial charge on any atom is -0.462 e. The first kappa shape index (κ1) is 49.3. The minimum absolute atomic E-state index is 0.0560. The lowest BCUT2D eigenvalue weighted by Gasteiger charge is -2.24. The standard InChI is InChI=1S/C45H85NO5/c1-4-7-10-13-16-19-22-24-27-30-33-36-41(51-45(50)38-35-32-29-26-23-20-17-14-11-8-5-2)39-44(49)46-42(40-47)43(48)37-34-31-28-25-21-18-15-12-9-6-3/h14,17,24,27,41-43,47-48H,4-13,15-16,18-23,25-26,28-40H2,1-3H3,(H,46,49)/b17-14-,27-24-. The van der Waals surface area contributed by atoms with Gasteiger partial charge in [0, 0.05) is 6.42 Å². The van der Waals surface area contributed by atoms with Crippen LogP contribution < -0.4 is 5.32 Å². The molecule has 0 saturated heterocycles. The van der Waals surface area contributed by atoms with Crippen LogP contribution in [0.5, 0.6) is 0 Å². The number of hydrogen-bond donors (Lipinski definition) is 3. The van der Waals surface area contributed by atoms with Crippen molar-refractivity contribution < 1.29 is 24.5 Å². The molecule has 6 nitrogen and oxygen atoms in total. The van der Waals surface area contributed by atoms with E-state index in [1.807, 2.05) is 0 Å². The molecule has 3 unspecified atom stereocenters. The Morgan fingerprint density at radius 2 is 0.980 bits per heavy atom. The molecule has 0 heterocycles. The number of hydrogen-bond acceptors (Lipinski definition) is 5. The molecule has 0 aromatic rings. The molecule has 0 aromatic carbocycles. The molecular formula is C45H85NO5. The van der Waals surface area contributed by atoms with E-state index in [2.05, 4.69) is 50.4 Å². The average Bonchev–Trinajstić information content (AvgIpc) is 3.12. The second kappa shape index (κ2) is 39.5. The fraction of sp³-hybridized carbons (Fsp3) is 0.867. The number of ether oxygens (including phenoxy) is 1. The van der Waals surface area contributed by atoms with Gasteiger partial charge in [0.15, 0.2) is 0 Å². The van der Waals surface area contributed by atoms with Crippen molar-refractivity contribution in [2.75, 3.05) is 6.61 Å². The number of unbranched alkanes of at least 4 members (excludes halogenated alkanes) is 23. The molecule has 0 spiro atoms. The van der Waals surface area contributed by atoms with Crippen molar-refractivity contribution in [3.05, 3.63) is 24.3 Å². The number of esters is 1. The van der Waals surface area contributed by atoms with E-state index in [1.54, 1.807) is 0 Å². The van der Waals surface area contributed by atoms with Crippen LogP contribution in [0.3, 0.4) is 0 Å². The second-order valence-electron chi connectivity index (χ2n) is 15.1. The lowest BCUT2D eigenvalue weighted by Crippen LogP contribution is -2.46. The molecule has 0 aliphatic heterocycles. The predicted molar refractivity (Wildman–Crippen MR) is 218 cm³/mol. The van der Waals surface area contributed by atoms with Gasteiger partial charge in [-0.2, -0.15) is 0 Å². The number of aliphatic hydroxyl groups is 2. The third-order valence-corrected chi connectivity index (χ3v) is 10.0. The van der Waals surface area contributed by atoms with Crippen LogP contribution in [0.1, 0.15) is 226 Å². The van der Waals surface area contributed by atoms with Gasteiger partial charge in [0.05, 0.1) is 25.2 Å². The van der Waals surface area contributed by atoms with Crippen LogP contribution in [0, 0.1) is 0 Å². The number of nitrogens with one attached hydrogen (secondary N) is 1. The summed E-state index contributed by atoms with van der Waals surface area (Å²) in [6.07, 6.45) is 42.4. The van der Waals surface area contributed by atoms with Gasteiger partial charge in [-0.05, 0) is 64.2 Å². The summed E-state index contributed by atoms with van der Waals surface area (Å²) in [5.74, 6) is -0.513. The maximum Gasteiger partial charge on any atom is 0.306 e. The Balaban J connectivity index is 4.63. The van der Waals surface area contributed by atoms with Crippen molar-refractivity contribution >= 4 is 11.9 Å². The number of allylic oxidation sites excluding steroid dienone is 4.